The van der Waals surface area contributed by atoms with Gasteiger partial charge in [-0.1, -0.05) is 0 Å². The van der Waals surface area contributed by atoms with Crippen LogP contribution in [0.5, 0.6) is 0 Å². The summed E-state index contributed by atoms with van der Waals surface area (Å²) in [6.07, 6.45) is 3.92. The van der Waals surface area contributed by atoms with Gasteiger partial charge >= 0.3 is 0 Å². The molecule has 2 amide bonds. The lowest BCUT2D eigenvalue weighted by Gasteiger charge is -2.34. The van der Waals surface area contributed by atoms with Crippen molar-refractivity contribution in [2.45, 2.75) is 39.2 Å². The Bertz CT molecular complexity index is 567. The molecule has 0 saturated heterocycles. The maximum atomic E-state index is 11.8. The number of hydrogen-bond donors (Lipinski definition) is 2. The summed E-state index contributed by atoms with van der Waals surface area (Å²) in [5.41, 5.74) is 1.75. The molecule has 0 fully saturated rings. The summed E-state index contributed by atoms with van der Waals surface area (Å²) in [7, 11) is 1.64. The lowest BCUT2D eigenvalue weighted by molar-refractivity contribution is -0.777. The van der Waals surface area contributed by atoms with Crippen LogP contribution >= 0.6 is 0 Å². The average Bonchev–Trinajstić information content (AvgIpc) is 2.45. The molecule has 1 unspecified atom stereocenters. The number of nitrogens with one attached hydrogen (secondary N) is 2. The number of aromatic nitrogens is 1. The largest absolute Gasteiger partial charge is 0.356 e. The highest BCUT2D eigenvalue weighted by molar-refractivity contribution is 5.93. The molecule has 0 bridgehead atoms. The van der Waals surface area contributed by atoms with Crippen LogP contribution < -0.4 is 15.2 Å². The third-order valence-electron chi connectivity index (χ3n) is 4.49. The summed E-state index contributed by atoms with van der Waals surface area (Å²) < 4.78 is 2.19. The van der Waals surface area contributed by atoms with Crippen molar-refractivity contribution in [3.8, 4) is 0 Å². The SMILES string of the molecule is CNC(=O)c1ccc2[n+](c1)C(C)(C)C(CNC(C)=O)CC2. The number of carbonyl (C=O) groups excluding carboxylic acids is 2. The number of hydrogen-bond acceptors (Lipinski definition) is 2. The Hall–Kier alpha value is -1.91. The lowest BCUT2D eigenvalue weighted by Crippen LogP contribution is -2.63. The summed E-state index contributed by atoms with van der Waals surface area (Å²) in [4.78, 5) is 23.0. The van der Waals surface area contributed by atoms with E-state index in [0.29, 0.717) is 18.0 Å². The van der Waals surface area contributed by atoms with Gasteiger partial charge in [0, 0.05) is 52.8 Å². The molecule has 114 valence electrons. The Morgan fingerprint density at radius 1 is 1.38 bits per heavy atom. The molecule has 1 aliphatic rings. The second-order valence-corrected chi connectivity index (χ2v) is 6.18. The van der Waals surface area contributed by atoms with E-state index < -0.39 is 0 Å². The van der Waals surface area contributed by atoms with Crippen molar-refractivity contribution in [2.24, 2.45) is 5.92 Å². The lowest BCUT2D eigenvalue weighted by atomic mass is 9.79. The summed E-state index contributed by atoms with van der Waals surface area (Å²) in [6.45, 7) is 6.53. The van der Waals surface area contributed by atoms with Gasteiger partial charge < -0.3 is 10.6 Å². The van der Waals surface area contributed by atoms with Crippen molar-refractivity contribution in [1.29, 1.82) is 0 Å². The van der Waals surface area contributed by atoms with Gasteiger partial charge in [-0.05, 0) is 12.5 Å². The van der Waals surface area contributed by atoms with Gasteiger partial charge in [0.15, 0.2) is 17.4 Å². The smallest absolute Gasteiger partial charge is 0.257 e. The molecule has 1 aromatic heterocycles. The average molecular weight is 290 g/mol. The first-order valence-electron chi connectivity index (χ1n) is 7.38. The number of aryl methyl sites for hydroxylation is 1. The van der Waals surface area contributed by atoms with E-state index in [9.17, 15) is 9.59 Å². The second kappa shape index (κ2) is 5.84. The molecule has 2 N–H and O–H groups in total. The fourth-order valence-electron chi connectivity index (χ4n) is 3.04. The number of nitrogens with zero attached hydrogens (tertiary/aromatic N) is 1. The normalized spacial score (nSPS) is 19.5. The molecule has 1 atom stereocenters. The van der Waals surface area contributed by atoms with Gasteiger partial charge in [-0.15, -0.1) is 0 Å². The first-order valence-corrected chi connectivity index (χ1v) is 7.38. The van der Waals surface area contributed by atoms with Gasteiger partial charge in [-0.2, -0.15) is 4.57 Å². The highest BCUT2D eigenvalue weighted by Crippen LogP contribution is 2.29. The predicted molar refractivity (Wildman–Crippen MR) is 79.8 cm³/mol. The van der Waals surface area contributed by atoms with Crippen LogP contribution in [0.3, 0.4) is 0 Å². The summed E-state index contributed by atoms with van der Waals surface area (Å²) >= 11 is 0. The van der Waals surface area contributed by atoms with Crippen molar-refractivity contribution >= 4 is 11.8 Å². The van der Waals surface area contributed by atoms with E-state index >= 15 is 0 Å². The Balaban J connectivity index is 2.32. The Labute approximate surface area is 125 Å². The zero-order valence-corrected chi connectivity index (χ0v) is 13.2. The van der Waals surface area contributed by atoms with E-state index in [1.54, 1.807) is 14.0 Å². The number of fused-ring (bicyclic) bond motifs is 1. The van der Waals surface area contributed by atoms with Crippen molar-refractivity contribution in [3.63, 3.8) is 0 Å². The number of pyridine rings is 1. The van der Waals surface area contributed by atoms with E-state index in [1.165, 1.54) is 5.69 Å². The highest BCUT2D eigenvalue weighted by Gasteiger charge is 2.43. The first kappa shape index (κ1) is 15.5. The molecule has 5 nitrogen and oxygen atoms in total. The Morgan fingerprint density at radius 3 is 2.71 bits per heavy atom. The molecular formula is C16H24N3O2+. The molecule has 1 aromatic rings. The summed E-state index contributed by atoms with van der Waals surface area (Å²) in [5, 5.41) is 5.58. The van der Waals surface area contributed by atoms with E-state index in [1.807, 2.05) is 18.3 Å². The van der Waals surface area contributed by atoms with Crippen molar-refractivity contribution in [2.75, 3.05) is 13.6 Å². The zero-order chi connectivity index (χ0) is 15.6. The standard InChI is InChI=1S/C16H23N3O2/c1-11(20)18-9-13-6-8-14-7-5-12(15(21)17-4)10-19(14)16(13,2)3/h5,7,10,13H,6,8-9H2,1-4H3,(H-,17,18,20,21)/p+1. The van der Waals surface area contributed by atoms with Gasteiger partial charge in [0.25, 0.3) is 5.91 Å². The molecule has 0 spiro atoms. The van der Waals surface area contributed by atoms with Crippen LogP contribution in [0.4, 0.5) is 0 Å². The first-order chi connectivity index (χ1) is 9.86. The van der Waals surface area contributed by atoms with Crippen molar-refractivity contribution in [3.05, 3.63) is 29.6 Å². The number of rotatable bonds is 3. The predicted octanol–water partition coefficient (Wildman–Crippen LogP) is 0.767. The molecule has 0 aliphatic carbocycles. The van der Waals surface area contributed by atoms with Crippen LogP contribution in [-0.2, 0) is 16.8 Å². The Kier molecular flexibility index (Phi) is 4.30. The topological polar surface area (TPSA) is 62.1 Å². The minimum atomic E-state index is -0.139. The summed E-state index contributed by atoms with van der Waals surface area (Å²) in [6, 6.07) is 3.90. The molecule has 2 heterocycles. The van der Waals surface area contributed by atoms with Crippen molar-refractivity contribution < 1.29 is 14.2 Å². The molecule has 21 heavy (non-hydrogen) atoms. The molecule has 2 rings (SSSR count). The third-order valence-corrected chi connectivity index (χ3v) is 4.49. The molecule has 1 aliphatic heterocycles. The molecular weight excluding hydrogens is 266 g/mol. The highest BCUT2D eigenvalue weighted by atomic mass is 16.2. The van der Waals surface area contributed by atoms with Crippen molar-refractivity contribution in [1.82, 2.24) is 10.6 Å². The minimum absolute atomic E-state index is 0.000656. The third kappa shape index (κ3) is 3.06. The monoisotopic (exact) mass is 290 g/mol. The van der Waals surface area contributed by atoms with Crippen LogP contribution in [-0.4, -0.2) is 25.4 Å². The van der Waals surface area contributed by atoms with E-state index in [-0.39, 0.29) is 17.4 Å². The van der Waals surface area contributed by atoms with E-state index in [4.69, 9.17) is 0 Å². The van der Waals surface area contributed by atoms with Gasteiger partial charge in [0.05, 0.1) is 0 Å². The molecule has 0 radical (unpaired) electrons. The fourth-order valence-corrected chi connectivity index (χ4v) is 3.04. The van der Waals surface area contributed by atoms with Gasteiger partial charge in [-0.25, -0.2) is 0 Å². The number of carbonyl (C=O) groups is 2. The summed E-state index contributed by atoms with van der Waals surface area (Å²) in [5.74, 6) is 0.268. The van der Waals surface area contributed by atoms with Crippen LogP contribution in [0.2, 0.25) is 0 Å². The van der Waals surface area contributed by atoms with Crippen LogP contribution in [0.15, 0.2) is 18.3 Å². The fraction of sp³-hybridized carbons (Fsp3) is 0.562. The van der Waals surface area contributed by atoms with Gasteiger partial charge in [0.2, 0.25) is 5.91 Å². The van der Waals surface area contributed by atoms with Crippen LogP contribution in [0.1, 0.15) is 43.2 Å². The van der Waals surface area contributed by atoms with Crippen LogP contribution in [0, 0.1) is 5.92 Å². The van der Waals surface area contributed by atoms with E-state index in [2.05, 4.69) is 29.0 Å². The quantitative estimate of drug-likeness (QED) is 0.808. The molecule has 0 aromatic carbocycles. The number of amides is 2. The Morgan fingerprint density at radius 2 is 2.10 bits per heavy atom. The molecule has 5 heteroatoms. The maximum absolute atomic E-state index is 11.8. The second-order valence-electron chi connectivity index (χ2n) is 6.18. The van der Waals surface area contributed by atoms with Gasteiger partial charge in [0.1, 0.15) is 5.56 Å². The molecule has 0 saturated carbocycles. The van der Waals surface area contributed by atoms with Crippen LogP contribution in [0.25, 0.3) is 0 Å². The van der Waals surface area contributed by atoms with E-state index in [0.717, 1.165) is 12.8 Å². The maximum Gasteiger partial charge on any atom is 0.257 e. The minimum Gasteiger partial charge on any atom is -0.356 e. The zero-order valence-electron chi connectivity index (χ0n) is 13.2. The van der Waals surface area contributed by atoms with Gasteiger partial charge in [-0.3, -0.25) is 9.59 Å².